The molecular formula is C13H17FN4O2S. The van der Waals surface area contributed by atoms with E-state index >= 15 is 0 Å². The molecule has 0 fully saturated rings. The second kappa shape index (κ2) is 5.53. The highest BCUT2D eigenvalue weighted by atomic mass is 32.2. The van der Waals surface area contributed by atoms with E-state index in [2.05, 4.69) is 14.9 Å². The number of hydrogen-bond donors (Lipinski definition) is 1. The van der Waals surface area contributed by atoms with Crippen molar-refractivity contribution in [3.05, 3.63) is 41.2 Å². The maximum atomic E-state index is 13.3. The Morgan fingerprint density at radius 3 is 2.33 bits per heavy atom. The van der Waals surface area contributed by atoms with Gasteiger partial charge in [0.25, 0.3) is 0 Å². The van der Waals surface area contributed by atoms with Crippen LogP contribution in [0.15, 0.2) is 23.4 Å². The summed E-state index contributed by atoms with van der Waals surface area (Å²) in [4.78, 5) is 0.0953. The predicted molar refractivity (Wildman–Crippen MR) is 75.6 cm³/mol. The summed E-state index contributed by atoms with van der Waals surface area (Å²) < 4.78 is 42.5. The maximum absolute atomic E-state index is 13.3. The Hall–Kier alpha value is -1.80. The molecule has 21 heavy (non-hydrogen) atoms. The Kier molecular flexibility index (Phi) is 4.11. The second-order valence-corrected chi connectivity index (χ2v) is 6.66. The van der Waals surface area contributed by atoms with Crippen LogP contribution in [-0.2, 0) is 17.1 Å². The third-order valence-corrected chi connectivity index (χ3v) is 5.00. The normalized spacial score (nSPS) is 13.4. The minimum Gasteiger partial charge on any atom is -0.319 e. The van der Waals surface area contributed by atoms with Gasteiger partial charge in [0, 0.05) is 7.05 Å². The van der Waals surface area contributed by atoms with Crippen molar-refractivity contribution in [3.63, 3.8) is 0 Å². The first-order valence-corrected chi connectivity index (χ1v) is 7.83. The summed E-state index contributed by atoms with van der Waals surface area (Å²) in [6.07, 6.45) is 1.49. The first kappa shape index (κ1) is 15.6. The van der Waals surface area contributed by atoms with Crippen LogP contribution in [0, 0.1) is 19.7 Å². The molecule has 0 aliphatic heterocycles. The Bertz CT molecular complexity index is 747. The molecule has 2 aromatic rings. The van der Waals surface area contributed by atoms with Gasteiger partial charge in [-0.05, 0) is 44.0 Å². The van der Waals surface area contributed by atoms with Crippen molar-refractivity contribution in [1.29, 1.82) is 0 Å². The van der Waals surface area contributed by atoms with Crippen molar-refractivity contribution in [2.45, 2.75) is 31.7 Å². The van der Waals surface area contributed by atoms with Gasteiger partial charge in [0.2, 0.25) is 10.0 Å². The van der Waals surface area contributed by atoms with E-state index in [4.69, 9.17) is 0 Å². The highest BCUT2D eigenvalue weighted by Gasteiger charge is 2.24. The van der Waals surface area contributed by atoms with Gasteiger partial charge in [0.1, 0.15) is 18.0 Å². The van der Waals surface area contributed by atoms with Crippen LogP contribution in [0.25, 0.3) is 0 Å². The molecule has 1 N–H and O–H groups in total. The molecule has 1 heterocycles. The third kappa shape index (κ3) is 3.11. The largest absolute Gasteiger partial charge is 0.319 e. The quantitative estimate of drug-likeness (QED) is 0.930. The molecule has 1 aromatic heterocycles. The Morgan fingerprint density at radius 1 is 1.29 bits per heavy atom. The SMILES string of the molecule is Cc1cc(F)cc(C)c1S(=O)(=O)NC(C)c1nncn1C. The van der Waals surface area contributed by atoms with E-state index in [1.165, 1.54) is 18.5 Å². The standard InChI is InChI=1S/C13H17FN4O2S/c1-8-5-11(14)6-9(2)12(8)21(19,20)17-10(3)13-16-15-7-18(13)4/h5-7,10,17H,1-4H3. The number of nitrogens with one attached hydrogen (secondary N) is 1. The number of nitrogens with zero attached hydrogens (tertiary/aromatic N) is 3. The predicted octanol–water partition coefficient (Wildman–Crippen LogP) is 1.61. The number of benzene rings is 1. The van der Waals surface area contributed by atoms with Crippen LogP contribution in [0.2, 0.25) is 0 Å². The number of halogens is 1. The smallest absolute Gasteiger partial charge is 0.241 e. The highest BCUT2D eigenvalue weighted by Crippen LogP contribution is 2.23. The minimum atomic E-state index is -3.78. The van der Waals surface area contributed by atoms with Crippen LogP contribution in [-0.4, -0.2) is 23.2 Å². The van der Waals surface area contributed by atoms with Gasteiger partial charge in [0.05, 0.1) is 10.9 Å². The molecule has 0 spiro atoms. The summed E-state index contributed by atoms with van der Waals surface area (Å²) >= 11 is 0. The fourth-order valence-electron chi connectivity index (χ4n) is 2.35. The summed E-state index contributed by atoms with van der Waals surface area (Å²) in [6, 6.07) is 1.86. The second-order valence-electron chi connectivity index (χ2n) is 5.01. The van der Waals surface area contributed by atoms with Crippen molar-refractivity contribution < 1.29 is 12.8 Å². The van der Waals surface area contributed by atoms with Crippen molar-refractivity contribution in [2.24, 2.45) is 7.05 Å². The first-order chi connectivity index (χ1) is 9.72. The van der Waals surface area contributed by atoms with Crippen molar-refractivity contribution >= 4 is 10.0 Å². The van der Waals surface area contributed by atoms with E-state index in [1.807, 2.05) is 0 Å². The molecule has 1 atom stereocenters. The third-order valence-electron chi connectivity index (χ3n) is 3.16. The van der Waals surface area contributed by atoms with Crippen LogP contribution >= 0.6 is 0 Å². The zero-order chi connectivity index (χ0) is 15.8. The van der Waals surface area contributed by atoms with Gasteiger partial charge in [-0.15, -0.1) is 10.2 Å². The molecule has 6 nitrogen and oxygen atoms in total. The summed E-state index contributed by atoms with van der Waals surface area (Å²) in [7, 11) is -2.05. The van der Waals surface area contributed by atoms with Crippen molar-refractivity contribution in [3.8, 4) is 0 Å². The lowest BCUT2D eigenvalue weighted by Crippen LogP contribution is -2.29. The molecule has 0 amide bonds. The summed E-state index contributed by atoms with van der Waals surface area (Å²) in [5.74, 6) is 0.0429. The molecule has 1 unspecified atom stereocenters. The van der Waals surface area contributed by atoms with Crippen LogP contribution in [0.4, 0.5) is 4.39 Å². The minimum absolute atomic E-state index is 0.0953. The Balaban J connectivity index is 2.38. The lowest BCUT2D eigenvalue weighted by molar-refractivity contribution is 0.551. The number of aryl methyl sites for hydroxylation is 3. The van der Waals surface area contributed by atoms with Crippen LogP contribution in [0.5, 0.6) is 0 Å². The van der Waals surface area contributed by atoms with E-state index in [9.17, 15) is 12.8 Å². The lowest BCUT2D eigenvalue weighted by Gasteiger charge is -2.16. The first-order valence-electron chi connectivity index (χ1n) is 6.35. The van der Waals surface area contributed by atoms with E-state index in [1.54, 1.807) is 32.4 Å². The Morgan fingerprint density at radius 2 is 1.86 bits per heavy atom. The molecule has 0 bridgehead atoms. The molecule has 2 rings (SSSR count). The van der Waals surface area contributed by atoms with Crippen molar-refractivity contribution in [2.75, 3.05) is 0 Å². The zero-order valence-electron chi connectivity index (χ0n) is 12.3. The monoisotopic (exact) mass is 312 g/mol. The number of sulfonamides is 1. The molecule has 0 radical (unpaired) electrons. The molecule has 0 aliphatic carbocycles. The zero-order valence-corrected chi connectivity index (χ0v) is 13.1. The topological polar surface area (TPSA) is 76.9 Å². The van der Waals surface area contributed by atoms with Crippen LogP contribution in [0.1, 0.15) is 29.9 Å². The molecule has 8 heteroatoms. The average Bonchev–Trinajstić information content (AvgIpc) is 2.72. The maximum Gasteiger partial charge on any atom is 0.241 e. The summed E-state index contributed by atoms with van der Waals surface area (Å²) in [6.45, 7) is 4.81. The van der Waals surface area contributed by atoms with Crippen LogP contribution in [0.3, 0.4) is 0 Å². The molecule has 114 valence electrons. The fourth-order valence-corrected chi connectivity index (χ4v) is 4.00. The molecule has 1 aromatic carbocycles. The van der Waals surface area contributed by atoms with E-state index in [-0.39, 0.29) is 4.90 Å². The average molecular weight is 312 g/mol. The number of aromatic nitrogens is 3. The van der Waals surface area contributed by atoms with E-state index in [0.717, 1.165) is 0 Å². The van der Waals surface area contributed by atoms with Crippen molar-refractivity contribution in [1.82, 2.24) is 19.5 Å². The van der Waals surface area contributed by atoms with Gasteiger partial charge < -0.3 is 4.57 Å². The van der Waals surface area contributed by atoms with E-state index < -0.39 is 21.9 Å². The number of rotatable bonds is 4. The highest BCUT2D eigenvalue weighted by molar-refractivity contribution is 7.89. The van der Waals surface area contributed by atoms with Gasteiger partial charge >= 0.3 is 0 Å². The van der Waals surface area contributed by atoms with Gasteiger partial charge in [-0.2, -0.15) is 0 Å². The van der Waals surface area contributed by atoms with Crippen LogP contribution < -0.4 is 4.72 Å². The molecular weight excluding hydrogens is 295 g/mol. The van der Waals surface area contributed by atoms with Gasteiger partial charge in [-0.3, -0.25) is 0 Å². The number of hydrogen-bond acceptors (Lipinski definition) is 4. The summed E-state index contributed by atoms with van der Waals surface area (Å²) in [5, 5.41) is 7.60. The Labute approximate surface area is 123 Å². The van der Waals surface area contributed by atoms with E-state index in [0.29, 0.717) is 17.0 Å². The molecule has 0 saturated heterocycles. The molecule has 0 saturated carbocycles. The fraction of sp³-hybridized carbons (Fsp3) is 0.385. The molecule has 0 aliphatic rings. The van der Waals surface area contributed by atoms with Gasteiger partial charge in [-0.1, -0.05) is 0 Å². The summed E-state index contributed by atoms with van der Waals surface area (Å²) in [5.41, 5.74) is 0.732. The van der Waals surface area contributed by atoms with Gasteiger partial charge in [-0.25, -0.2) is 17.5 Å². The lowest BCUT2D eigenvalue weighted by atomic mass is 10.1. The van der Waals surface area contributed by atoms with Gasteiger partial charge in [0.15, 0.2) is 0 Å².